The summed E-state index contributed by atoms with van der Waals surface area (Å²) in [6, 6.07) is 9.30. The van der Waals surface area contributed by atoms with Gasteiger partial charge in [-0.2, -0.15) is 0 Å². The van der Waals surface area contributed by atoms with E-state index in [1.165, 1.54) is 48.4 Å². The molecule has 1 aromatic carbocycles. The number of aromatic nitrogens is 1. The Morgan fingerprint density at radius 2 is 1.95 bits per heavy atom. The summed E-state index contributed by atoms with van der Waals surface area (Å²) in [6.45, 7) is 0. The van der Waals surface area contributed by atoms with Gasteiger partial charge in [-0.1, -0.05) is 37.1 Å². The van der Waals surface area contributed by atoms with E-state index >= 15 is 0 Å². The molecule has 1 heterocycles. The van der Waals surface area contributed by atoms with Crippen LogP contribution in [0.5, 0.6) is 0 Å². The lowest BCUT2D eigenvalue weighted by Crippen LogP contribution is -2.25. The standard InChI is InChI=1S/C17H22N2/c1-18-15-8-4-2-6-13(10-15)17-12-19-11-14-7-3-5-9-16(14)17/h3,5,7,9,11-13,15,18H,2,4,6,8,10H2,1H3. The van der Waals surface area contributed by atoms with Gasteiger partial charge in [0.1, 0.15) is 0 Å². The van der Waals surface area contributed by atoms with Crippen LogP contribution in [0.3, 0.4) is 0 Å². The van der Waals surface area contributed by atoms with Crippen molar-refractivity contribution >= 4 is 10.8 Å². The number of hydrogen-bond donors (Lipinski definition) is 1. The third-order valence-electron chi connectivity index (χ3n) is 4.47. The number of nitrogens with zero attached hydrogens (tertiary/aromatic N) is 1. The smallest absolute Gasteiger partial charge is 0.0346 e. The second kappa shape index (κ2) is 5.70. The Labute approximate surface area is 115 Å². The summed E-state index contributed by atoms with van der Waals surface area (Å²) >= 11 is 0. The molecular weight excluding hydrogens is 232 g/mol. The van der Waals surface area contributed by atoms with Gasteiger partial charge in [0, 0.05) is 23.8 Å². The first-order chi connectivity index (χ1) is 9.38. The van der Waals surface area contributed by atoms with Gasteiger partial charge in [0.25, 0.3) is 0 Å². The van der Waals surface area contributed by atoms with E-state index in [-0.39, 0.29) is 0 Å². The maximum absolute atomic E-state index is 4.45. The summed E-state index contributed by atoms with van der Waals surface area (Å²) in [4.78, 5) is 4.45. The zero-order valence-corrected chi connectivity index (χ0v) is 11.6. The largest absolute Gasteiger partial charge is 0.317 e. The second-order valence-corrected chi connectivity index (χ2v) is 5.65. The van der Waals surface area contributed by atoms with Crippen molar-refractivity contribution in [2.24, 2.45) is 0 Å². The molecule has 100 valence electrons. The number of benzene rings is 1. The van der Waals surface area contributed by atoms with Gasteiger partial charge in [-0.25, -0.2) is 0 Å². The fourth-order valence-corrected chi connectivity index (χ4v) is 3.37. The summed E-state index contributed by atoms with van der Waals surface area (Å²) in [7, 11) is 2.09. The van der Waals surface area contributed by atoms with E-state index in [1.54, 1.807) is 0 Å². The third kappa shape index (κ3) is 2.64. The normalized spacial score (nSPS) is 24.3. The molecule has 2 nitrogen and oxygen atoms in total. The first-order valence-corrected chi connectivity index (χ1v) is 7.38. The minimum atomic E-state index is 0.651. The fraction of sp³-hybridized carbons (Fsp3) is 0.471. The molecule has 2 unspecified atom stereocenters. The summed E-state index contributed by atoms with van der Waals surface area (Å²) < 4.78 is 0. The van der Waals surface area contributed by atoms with Gasteiger partial charge in [-0.3, -0.25) is 4.98 Å². The molecule has 0 saturated heterocycles. The predicted molar refractivity (Wildman–Crippen MR) is 80.4 cm³/mol. The summed E-state index contributed by atoms with van der Waals surface area (Å²) in [5.41, 5.74) is 1.44. The van der Waals surface area contributed by atoms with Gasteiger partial charge in [0.2, 0.25) is 0 Å². The van der Waals surface area contributed by atoms with E-state index in [9.17, 15) is 0 Å². The van der Waals surface area contributed by atoms with Gasteiger partial charge < -0.3 is 5.32 Å². The highest BCUT2D eigenvalue weighted by Crippen LogP contribution is 2.34. The molecule has 0 spiro atoms. The van der Waals surface area contributed by atoms with Crippen molar-refractivity contribution in [1.29, 1.82) is 0 Å². The summed E-state index contributed by atoms with van der Waals surface area (Å²) in [5.74, 6) is 0.651. The molecule has 1 N–H and O–H groups in total. The van der Waals surface area contributed by atoms with Crippen LogP contribution in [0.1, 0.15) is 43.6 Å². The zero-order valence-electron chi connectivity index (χ0n) is 11.6. The van der Waals surface area contributed by atoms with Gasteiger partial charge in [-0.05, 0) is 43.2 Å². The molecule has 0 radical (unpaired) electrons. The number of hydrogen-bond acceptors (Lipinski definition) is 2. The summed E-state index contributed by atoms with van der Waals surface area (Å²) in [5, 5.41) is 6.13. The van der Waals surface area contributed by atoms with Gasteiger partial charge in [0.15, 0.2) is 0 Å². The van der Waals surface area contributed by atoms with Crippen molar-refractivity contribution in [2.75, 3.05) is 7.05 Å². The molecule has 2 heteroatoms. The topological polar surface area (TPSA) is 24.9 Å². The minimum absolute atomic E-state index is 0.651. The summed E-state index contributed by atoms with van der Waals surface area (Å²) in [6.07, 6.45) is 10.6. The van der Waals surface area contributed by atoms with Gasteiger partial charge in [0.05, 0.1) is 0 Å². The molecule has 0 bridgehead atoms. The number of rotatable bonds is 2. The fourth-order valence-electron chi connectivity index (χ4n) is 3.37. The molecule has 0 amide bonds. The van der Waals surface area contributed by atoms with Crippen LogP contribution in [-0.4, -0.2) is 18.1 Å². The molecule has 1 aliphatic carbocycles. The monoisotopic (exact) mass is 254 g/mol. The Balaban J connectivity index is 1.98. The molecule has 0 aliphatic heterocycles. The Hall–Kier alpha value is -1.41. The number of pyridine rings is 1. The van der Waals surface area contributed by atoms with Crippen molar-refractivity contribution in [2.45, 2.75) is 44.1 Å². The molecule has 19 heavy (non-hydrogen) atoms. The third-order valence-corrected chi connectivity index (χ3v) is 4.47. The maximum atomic E-state index is 4.45. The molecular formula is C17H22N2. The van der Waals surface area contributed by atoms with E-state index in [4.69, 9.17) is 0 Å². The average Bonchev–Trinajstić information content (AvgIpc) is 2.72. The van der Waals surface area contributed by atoms with E-state index in [2.05, 4.69) is 47.8 Å². The highest BCUT2D eigenvalue weighted by Gasteiger charge is 2.21. The van der Waals surface area contributed by atoms with Crippen LogP contribution in [-0.2, 0) is 0 Å². The van der Waals surface area contributed by atoms with Crippen LogP contribution in [0, 0.1) is 0 Å². The predicted octanol–water partition coefficient (Wildman–Crippen LogP) is 3.87. The second-order valence-electron chi connectivity index (χ2n) is 5.65. The van der Waals surface area contributed by atoms with Crippen molar-refractivity contribution in [1.82, 2.24) is 10.3 Å². The van der Waals surface area contributed by atoms with Crippen LogP contribution in [0.25, 0.3) is 10.8 Å². The van der Waals surface area contributed by atoms with Crippen molar-refractivity contribution in [3.63, 3.8) is 0 Å². The van der Waals surface area contributed by atoms with E-state index in [1.807, 2.05) is 6.20 Å². The van der Waals surface area contributed by atoms with Crippen LogP contribution in [0.15, 0.2) is 36.7 Å². The molecule has 1 fully saturated rings. The number of fused-ring (bicyclic) bond motifs is 1. The van der Waals surface area contributed by atoms with E-state index in [0.717, 1.165) is 0 Å². The van der Waals surface area contributed by atoms with Crippen LogP contribution >= 0.6 is 0 Å². The average molecular weight is 254 g/mol. The first-order valence-electron chi connectivity index (χ1n) is 7.38. The van der Waals surface area contributed by atoms with Gasteiger partial charge >= 0.3 is 0 Å². The number of nitrogens with one attached hydrogen (secondary N) is 1. The molecule has 3 rings (SSSR count). The van der Waals surface area contributed by atoms with E-state index in [0.29, 0.717) is 12.0 Å². The van der Waals surface area contributed by atoms with Crippen molar-refractivity contribution in [3.05, 3.63) is 42.2 Å². The highest BCUT2D eigenvalue weighted by molar-refractivity contribution is 5.85. The lowest BCUT2D eigenvalue weighted by molar-refractivity contribution is 0.472. The van der Waals surface area contributed by atoms with Crippen LogP contribution < -0.4 is 5.32 Å². The van der Waals surface area contributed by atoms with E-state index < -0.39 is 0 Å². The Morgan fingerprint density at radius 3 is 2.84 bits per heavy atom. The Bertz CT molecular complexity index is 544. The van der Waals surface area contributed by atoms with Crippen molar-refractivity contribution < 1.29 is 0 Å². The molecule has 2 atom stereocenters. The Kier molecular flexibility index (Phi) is 3.79. The molecule has 1 aromatic heterocycles. The first kappa shape index (κ1) is 12.6. The lowest BCUT2D eigenvalue weighted by Gasteiger charge is -2.21. The van der Waals surface area contributed by atoms with Crippen molar-refractivity contribution in [3.8, 4) is 0 Å². The minimum Gasteiger partial charge on any atom is -0.317 e. The quantitative estimate of drug-likeness (QED) is 0.823. The molecule has 2 aromatic rings. The zero-order chi connectivity index (χ0) is 13.1. The maximum Gasteiger partial charge on any atom is 0.0346 e. The van der Waals surface area contributed by atoms with Crippen LogP contribution in [0.2, 0.25) is 0 Å². The molecule has 1 saturated carbocycles. The SMILES string of the molecule is CNC1CCCCC(c2cncc3ccccc23)C1. The Morgan fingerprint density at radius 1 is 1.11 bits per heavy atom. The highest BCUT2D eigenvalue weighted by atomic mass is 14.9. The lowest BCUT2D eigenvalue weighted by atomic mass is 9.88. The molecule has 1 aliphatic rings. The van der Waals surface area contributed by atoms with Crippen LogP contribution in [0.4, 0.5) is 0 Å². The van der Waals surface area contributed by atoms with Gasteiger partial charge in [-0.15, -0.1) is 0 Å².